The molecule has 0 atom stereocenters. The van der Waals surface area contributed by atoms with E-state index in [1.54, 1.807) is 12.1 Å². The fraction of sp³-hybridized carbons (Fsp3) is 0.148. The van der Waals surface area contributed by atoms with Crippen molar-refractivity contribution >= 4 is 34.8 Å². The molecule has 0 radical (unpaired) electrons. The maximum Gasteiger partial charge on any atom is 0.335 e. The van der Waals surface area contributed by atoms with Crippen molar-refractivity contribution in [3.05, 3.63) is 107 Å². The highest BCUT2D eigenvalue weighted by Crippen LogP contribution is 2.45. The van der Waals surface area contributed by atoms with Crippen molar-refractivity contribution in [3.8, 4) is 0 Å². The molecule has 3 heteroatoms. The summed E-state index contributed by atoms with van der Waals surface area (Å²) >= 11 is 1.82. The average Bonchev–Trinajstić information content (AvgIpc) is 2.75. The fourth-order valence-corrected chi connectivity index (χ4v) is 4.66. The molecule has 3 aromatic carbocycles. The maximum atomic E-state index is 11.0. The first-order valence-corrected chi connectivity index (χ1v) is 10.8. The number of fused-ring (bicyclic) bond motifs is 1. The van der Waals surface area contributed by atoms with E-state index >= 15 is 0 Å². The number of carboxylic acids is 1. The monoisotopic (exact) mass is 412 g/mol. The summed E-state index contributed by atoms with van der Waals surface area (Å²) in [6, 6.07) is 24.1. The Morgan fingerprint density at radius 1 is 0.933 bits per heavy atom. The Bertz CT molecular complexity index is 1120. The van der Waals surface area contributed by atoms with Crippen molar-refractivity contribution in [3.63, 3.8) is 0 Å². The molecular weight excluding hydrogens is 388 g/mol. The Kier molecular flexibility index (Phi) is 5.65. The molecule has 1 aliphatic carbocycles. The summed E-state index contributed by atoms with van der Waals surface area (Å²) in [5.74, 6) is -0.905. The van der Waals surface area contributed by atoms with E-state index in [1.165, 1.54) is 20.9 Å². The van der Waals surface area contributed by atoms with Gasteiger partial charge in [-0.05, 0) is 64.4 Å². The third-order valence-corrected chi connectivity index (χ3v) is 6.55. The number of thioether (sulfide) groups is 1. The minimum absolute atomic E-state index is 0.116. The van der Waals surface area contributed by atoms with Crippen LogP contribution in [0, 0.1) is 0 Å². The second-order valence-electron chi connectivity index (χ2n) is 8.14. The van der Waals surface area contributed by atoms with E-state index in [1.807, 2.05) is 36.0 Å². The van der Waals surface area contributed by atoms with Crippen LogP contribution < -0.4 is 0 Å². The minimum atomic E-state index is -0.905. The molecule has 0 amide bonds. The quantitative estimate of drug-likeness (QED) is 0.445. The number of rotatable bonds is 5. The third-order valence-electron chi connectivity index (χ3n) is 5.43. The largest absolute Gasteiger partial charge is 0.478 e. The zero-order valence-corrected chi connectivity index (χ0v) is 17.9. The number of allylic oxidation sites excluding steroid dienone is 1. The Labute approximate surface area is 182 Å². The van der Waals surface area contributed by atoms with Gasteiger partial charge in [0.15, 0.2) is 0 Å². The molecule has 0 fully saturated rings. The number of aromatic carboxylic acids is 1. The molecule has 3 aromatic rings. The minimum Gasteiger partial charge on any atom is -0.478 e. The van der Waals surface area contributed by atoms with Gasteiger partial charge in [0.25, 0.3) is 0 Å². The zero-order chi connectivity index (χ0) is 21.1. The van der Waals surface area contributed by atoms with Gasteiger partial charge in [-0.3, -0.25) is 0 Å². The summed E-state index contributed by atoms with van der Waals surface area (Å²) in [6.07, 6.45) is 7.50. The van der Waals surface area contributed by atoms with E-state index < -0.39 is 5.97 Å². The topological polar surface area (TPSA) is 37.3 Å². The first-order valence-electron chi connectivity index (χ1n) is 10.0. The molecule has 0 spiro atoms. The van der Waals surface area contributed by atoms with E-state index in [0.717, 1.165) is 17.5 Å². The molecule has 0 saturated heterocycles. The van der Waals surface area contributed by atoms with Crippen LogP contribution in [0.5, 0.6) is 0 Å². The van der Waals surface area contributed by atoms with Crippen LogP contribution in [0.3, 0.4) is 0 Å². The summed E-state index contributed by atoms with van der Waals surface area (Å²) in [5, 5.41) is 9.04. The van der Waals surface area contributed by atoms with Gasteiger partial charge in [0.05, 0.1) is 5.56 Å². The predicted molar refractivity (Wildman–Crippen MR) is 127 cm³/mol. The number of benzene rings is 3. The standard InChI is InChI=1S/C27H24O2S/c1-27(2)17-16-25(30-22-6-4-3-5-7-22)23-18-20(12-15-24(23)27)9-8-19-10-13-21(14-11-19)26(28)29/h3-16,18H,17H2,1-2H3,(H,28,29). The number of carbonyl (C=O) groups is 1. The lowest BCUT2D eigenvalue weighted by molar-refractivity contribution is 0.0697. The molecule has 150 valence electrons. The van der Waals surface area contributed by atoms with E-state index in [2.05, 4.69) is 68.5 Å². The van der Waals surface area contributed by atoms with Crippen molar-refractivity contribution in [2.24, 2.45) is 0 Å². The van der Waals surface area contributed by atoms with Gasteiger partial charge in [-0.25, -0.2) is 4.79 Å². The van der Waals surface area contributed by atoms with Crippen molar-refractivity contribution in [1.29, 1.82) is 0 Å². The Balaban J connectivity index is 1.63. The Morgan fingerprint density at radius 2 is 1.60 bits per heavy atom. The molecule has 0 aromatic heterocycles. The first-order chi connectivity index (χ1) is 14.4. The van der Waals surface area contributed by atoms with Gasteiger partial charge in [0.2, 0.25) is 0 Å². The Morgan fingerprint density at radius 3 is 2.30 bits per heavy atom. The number of carboxylic acid groups (broad SMARTS) is 1. The lowest BCUT2D eigenvalue weighted by Gasteiger charge is -2.32. The predicted octanol–water partition coefficient (Wildman–Crippen LogP) is 7.37. The SMILES string of the molecule is CC1(C)CC=C(Sc2ccccc2)c2cc(C=Cc3ccc(C(=O)O)cc3)ccc21. The van der Waals surface area contributed by atoms with Crippen LogP contribution in [0.4, 0.5) is 0 Å². The highest BCUT2D eigenvalue weighted by molar-refractivity contribution is 8.08. The van der Waals surface area contributed by atoms with Crippen LogP contribution in [0.1, 0.15) is 52.9 Å². The molecule has 0 aliphatic heterocycles. The highest BCUT2D eigenvalue weighted by Gasteiger charge is 2.28. The molecule has 0 saturated carbocycles. The molecule has 1 N–H and O–H groups in total. The van der Waals surface area contributed by atoms with Crippen molar-refractivity contribution in [2.75, 3.05) is 0 Å². The van der Waals surface area contributed by atoms with E-state index in [-0.39, 0.29) is 5.41 Å². The van der Waals surface area contributed by atoms with Gasteiger partial charge in [0, 0.05) is 9.80 Å². The van der Waals surface area contributed by atoms with Gasteiger partial charge in [0.1, 0.15) is 0 Å². The summed E-state index contributed by atoms with van der Waals surface area (Å²) in [4.78, 5) is 13.6. The molecule has 1 aliphatic rings. The molecule has 0 unspecified atom stereocenters. The van der Waals surface area contributed by atoms with Crippen LogP contribution >= 0.6 is 11.8 Å². The fourth-order valence-electron chi connectivity index (χ4n) is 3.67. The highest BCUT2D eigenvalue weighted by atomic mass is 32.2. The summed E-state index contributed by atoms with van der Waals surface area (Å²) < 4.78 is 0. The van der Waals surface area contributed by atoms with Crippen LogP contribution in [0.15, 0.2) is 83.8 Å². The maximum absolute atomic E-state index is 11.0. The molecular formula is C27H24O2S. The van der Waals surface area contributed by atoms with E-state index in [0.29, 0.717) is 5.56 Å². The summed E-state index contributed by atoms with van der Waals surface area (Å²) in [6.45, 7) is 4.59. The molecule has 0 heterocycles. The number of hydrogen-bond acceptors (Lipinski definition) is 2. The summed E-state index contributed by atoms with van der Waals surface area (Å²) in [5.41, 5.74) is 5.21. The van der Waals surface area contributed by atoms with Crippen molar-refractivity contribution in [2.45, 2.75) is 30.6 Å². The normalized spacial score (nSPS) is 14.9. The van der Waals surface area contributed by atoms with Crippen LogP contribution in [-0.2, 0) is 5.41 Å². The number of hydrogen-bond donors (Lipinski definition) is 1. The third kappa shape index (κ3) is 4.42. The smallest absolute Gasteiger partial charge is 0.335 e. The zero-order valence-electron chi connectivity index (χ0n) is 17.1. The molecule has 30 heavy (non-hydrogen) atoms. The van der Waals surface area contributed by atoms with Gasteiger partial charge < -0.3 is 5.11 Å². The van der Waals surface area contributed by atoms with Crippen molar-refractivity contribution < 1.29 is 9.90 Å². The molecule has 2 nitrogen and oxygen atoms in total. The van der Waals surface area contributed by atoms with Crippen molar-refractivity contribution in [1.82, 2.24) is 0 Å². The lowest BCUT2D eigenvalue weighted by Crippen LogP contribution is -2.21. The first kappa shape index (κ1) is 20.2. The lowest BCUT2D eigenvalue weighted by atomic mass is 9.75. The van der Waals surface area contributed by atoms with Crippen LogP contribution in [0.2, 0.25) is 0 Å². The Hall–Kier alpha value is -3.04. The van der Waals surface area contributed by atoms with Gasteiger partial charge in [-0.15, -0.1) is 0 Å². The van der Waals surface area contributed by atoms with E-state index in [4.69, 9.17) is 5.11 Å². The van der Waals surface area contributed by atoms with Gasteiger partial charge in [-0.1, -0.05) is 86.3 Å². The molecule has 4 rings (SSSR count). The molecule has 0 bridgehead atoms. The second-order valence-corrected chi connectivity index (χ2v) is 9.25. The summed E-state index contributed by atoms with van der Waals surface area (Å²) in [7, 11) is 0. The second kappa shape index (κ2) is 8.37. The van der Waals surface area contributed by atoms with E-state index in [9.17, 15) is 4.79 Å². The van der Waals surface area contributed by atoms with Gasteiger partial charge >= 0.3 is 5.97 Å². The van der Waals surface area contributed by atoms with Crippen LogP contribution in [0.25, 0.3) is 17.1 Å². The average molecular weight is 413 g/mol. The van der Waals surface area contributed by atoms with Crippen LogP contribution in [-0.4, -0.2) is 11.1 Å². The van der Waals surface area contributed by atoms with Gasteiger partial charge in [-0.2, -0.15) is 0 Å².